The summed E-state index contributed by atoms with van der Waals surface area (Å²) >= 11 is 0. The summed E-state index contributed by atoms with van der Waals surface area (Å²) in [5.41, 5.74) is 6.26. The summed E-state index contributed by atoms with van der Waals surface area (Å²) in [4.78, 5) is 9.64. The molecule has 1 heterocycles. The van der Waals surface area contributed by atoms with Crippen LogP contribution in [0, 0.1) is 5.82 Å². The van der Waals surface area contributed by atoms with Crippen LogP contribution in [0.1, 0.15) is 0 Å². The van der Waals surface area contributed by atoms with Gasteiger partial charge in [-0.15, -0.1) is 0 Å². The predicted molar refractivity (Wildman–Crippen MR) is 60.9 cm³/mol. The summed E-state index contributed by atoms with van der Waals surface area (Å²) in [6.45, 7) is 0. The molecule has 0 saturated heterocycles. The van der Waals surface area contributed by atoms with Crippen molar-refractivity contribution in [1.82, 2.24) is 9.97 Å². The van der Waals surface area contributed by atoms with E-state index in [4.69, 9.17) is 5.73 Å². The monoisotopic (exact) mass is 218 g/mol. The van der Waals surface area contributed by atoms with Crippen LogP contribution in [0.15, 0.2) is 36.7 Å². The molecule has 0 aliphatic carbocycles. The summed E-state index contributed by atoms with van der Waals surface area (Å²) in [5, 5.41) is 0. The second kappa shape index (κ2) is 4.14. The zero-order chi connectivity index (χ0) is 11.5. The number of aromatic nitrogens is 2. The summed E-state index contributed by atoms with van der Waals surface area (Å²) in [6, 6.07) is 6.21. The van der Waals surface area contributed by atoms with Crippen molar-refractivity contribution in [2.75, 3.05) is 17.7 Å². The van der Waals surface area contributed by atoms with E-state index in [1.807, 2.05) is 0 Å². The number of halogens is 1. The highest BCUT2D eigenvalue weighted by Crippen LogP contribution is 2.24. The molecule has 0 bridgehead atoms. The van der Waals surface area contributed by atoms with Crippen molar-refractivity contribution in [3.05, 3.63) is 42.5 Å². The average Bonchev–Trinajstić information content (AvgIpc) is 2.29. The molecule has 0 aliphatic rings. The van der Waals surface area contributed by atoms with E-state index < -0.39 is 5.82 Å². The van der Waals surface area contributed by atoms with Gasteiger partial charge in [-0.05, 0) is 24.3 Å². The van der Waals surface area contributed by atoms with Crippen LogP contribution in [0.4, 0.5) is 21.7 Å². The lowest BCUT2D eigenvalue weighted by Crippen LogP contribution is -2.14. The molecule has 16 heavy (non-hydrogen) atoms. The Labute approximate surface area is 92.6 Å². The molecule has 0 aliphatic heterocycles. The van der Waals surface area contributed by atoms with Gasteiger partial charge in [-0.25, -0.2) is 14.4 Å². The van der Waals surface area contributed by atoms with Crippen molar-refractivity contribution < 1.29 is 4.39 Å². The van der Waals surface area contributed by atoms with Gasteiger partial charge in [0.2, 0.25) is 5.95 Å². The van der Waals surface area contributed by atoms with Crippen LogP contribution >= 0.6 is 0 Å². The first-order valence-corrected chi connectivity index (χ1v) is 4.74. The minimum absolute atomic E-state index is 0.389. The largest absolute Gasteiger partial charge is 0.399 e. The predicted octanol–water partition coefficient (Wildman–Crippen LogP) is 1.97. The number of hydrogen-bond donors (Lipinski definition) is 1. The lowest BCUT2D eigenvalue weighted by atomic mass is 10.2. The number of nitrogens with zero attached hydrogens (tertiary/aromatic N) is 3. The Kier molecular flexibility index (Phi) is 2.68. The van der Waals surface area contributed by atoms with Crippen molar-refractivity contribution in [3.8, 4) is 0 Å². The summed E-state index contributed by atoms with van der Waals surface area (Å²) in [6.07, 6.45) is 3.21. The summed E-state index contributed by atoms with van der Waals surface area (Å²) < 4.78 is 13.6. The van der Waals surface area contributed by atoms with Gasteiger partial charge in [0.15, 0.2) is 0 Å². The minimum Gasteiger partial charge on any atom is -0.399 e. The van der Waals surface area contributed by atoms with Crippen LogP contribution in [-0.4, -0.2) is 17.0 Å². The van der Waals surface area contributed by atoms with Gasteiger partial charge in [-0.1, -0.05) is 0 Å². The highest BCUT2D eigenvalue weighted by atomic mass is 19.1. The van der Waals surface area contributed by atoms with E-state index in [0.29, 0.717) is 17.3 Å². The molecule has 0 spiro atoms. The van der Waals surface area contributed by atoms with Crippen LogP contribution in [0.5, 0.6) is 0 Å². The SMILES string of the molecule is CN(c1ncccn1)c1ccc(N)cc1F. The smallest absolute Gasteiger partial charge is 0.229 e. The van der Waals surface area contributed by atoms with Crippen LogP contribution in [0.3, 0.4) is 0 Å². The van der Waals surface area contributed by atoms with Crippen molar-refractivity contribution >= 4 is 17.3 Å². The molecular formula is C11H11FN4. The Morgan fingerprint density at radius 1 is 1.25 bits per heavy atom. The molecule has 0 radical (unpaired) electrons. The minimum atomic E-state index is -0.394. The quantitative estimate of drug-likeness (QED) is 0.783. The first-order chi connectivity index (χ1) is 7.68. The first-order valence-electron chi connectivity index (χ1n) is 4.74. The zero-order valence-corrected chi connectivity index (χ0v) is 8.76. The fourth-order valence-electron chi connectivity index (χ4n) is 1.37. The van der Waals surface area contributed by atoms with Gasteiger partial charge in [-0.3, -0.25) is 0 Å². The second-order valence-electron chi connectivity index (χ2n) is 3.32. The van der Waals surface area contributed by atoms with Crippen molar-refractivity contribution in [3.63, 3.8) is 0 Å². The Morgan fingerprint density at radius 2 is 1.94 bits per heavy atom. The maximum absolute atomic E-state index is 13.6. The van der Waals surface area contributed by atoms with E-state index in [9.17, 15) is 4.39 Å². The molecular weight excluding hydrogens is 207 g/mol. The maximum atomic E-state index is 13.6. The number of rotatable bonds is 2. The molecule has 0 atom stereocenters. The van der Waals surface area contributed by atoms with Gasteiger partial charge >= 0.3 is 0 Å². The summed E-state index contributed by atoms with van der Waals surface area (Å²) in [7, 11) is 1.70. The molecule has 0 amide bonds. The topological polar surface area (TPSA) is 55.0 Å². The maximum Gasteiger partial charge on any atom is 0.229 e. The lowest BCUT2D eigenvalue weighted by Gasteiger charge is -2.17. The molecule has 0 saturated carbocycles. The molecule has 2 N–H and O–H groups in total. The van der Waals surface area contributed by atoms with Crippen LogP contribution in [0.2, 0.25) is 0 Å². The van der Waals surface area contributed by atoms with Gasteiger partial charge < -0.3 is 10.6 Å². The van der Waals surface area contributed by atoms with Gasteiger partial charge in [0, 0.05) is 25.1 Å². The van der Waals surface area contributed by atoms with Gasteiger partial charge in [0.05, 0.1) is 5.69 Å². The normalized spacial score (nSPS) is 10.1. The van der Waals surface area contributed by atoms with Crippen molar-refractivity contribution in [1.29, 1.82) is 0 Å². The number of nitrogens with two attached hydrogens (primary N) is 1. The first kappa shape index (κ1) is 10.4. The Balaban J connectivity index is 2.38. The average molecular weight is 218 g/mol. The fourth-order valence-corrected chi connectivity index (χ4v) is 1.37. The molecule has 82 valence electrons. The van der Waals surface area contributed by atoms with E-state index >= 15 is 0 Å². The van der Waals surface area contributed by atoms with Gasteiger partial charge in [0.25, 0.3) is 0 Å². The van der Waals surface area contributed by atoms with Crippen molar-refractivity contribution in [2.24, 2.45) is 0 Å². The molecule has 0 fully saturated rings. The molecule has 1 aromatic heterocycles. The van der Waals surface area contributed by atoms with Crippen LogP contribution in [0.25, 0.3) is 0 Å². The van der Waals surface area contributed by atoms with E-state index in [1.165, 1.54) is 6.07 Å². The number of anilines is 3. The van der Waals surface area contributed by atoms with E-state index in [1.54, 1.807) is 42.5 Å². The number of hydrogen-bond acceptors (Lipinski definition) is 4. The number of nitrogen functional groups attached to an aromatic ring is 1. The van der Waals surface area contributed by atoms with E-state index in [2.05, 4.69) is 9.97 Å². The van der Waals surface area contributed by atoms with Gasteiger partial charge in [-0.2, -0.15) is 0 Å². The Hall–Kier alpha value is -2.17. The third-order valence-corrected chi connectivity index (χ3v) is 2.19. The molecule has 5 heteroatoms. The van der Waals surface area contributed by atoms with Crippen LogP contribution in [-0.2, 0) is 0 Å². The second-order valence-corrected chi connectivity index (χ2v) is 3.32. The molecule has 0 unspecified atom stereocenters. The zero-order valence-electron chi connectivity index (χ0n) is 8.76. The number of benzene rings is 1. The standard InChI is InChI=1S/C11H11FN4/c1-16(11-14-5-2-6-15-11)10-4-3-8(13)7-9(10)12/h2-7H,13H2,1H3. The molecule has 2 rings (SSSR count). The third kappa shape index (κ3) is 1.93. The molecule has 4 nitrogen and oxygen atoms in total. The van der Waals surface area contributed by atoms with Crippen molar-refractivity contribution in [2.45, 2.75) is 0 Å². The highest BCUT2D eigenvalue weighted by molar-refractivity contribution is 5.60. The summed E-state index contributed by atoms with van der Waals surface area (Å²) in [5.74, 6) is 0.0427. The highest BCUT2D eigenvalue weighted by Gasteiger charge is 2.10. The van der Waals surface area contributed by atoms with Crippen LogP contribution < -0.4 is 10.6 Å². The van der Waals surface area contributed by atoms with Gasteiger partial charge in [0.1, 0.15) is 5.82 Å². The third-order valence-electron chi connectivity index (χ3n) is 2.19. The Morgan fingerprint density at radius 3 is 2.56 bits per heavy atom. The van der Waals surface area contributed by atoms with E-state index in [-0.39, 0.29) is 0 Å². The molecule has 2 aromatic rings. The van der Waals surface area contributed by atoms with E-state index in [0.717, 1.165) is 0 Å². The fraction of sp³-hybridized carbons (Fsp3) is 0.0909. The molecule has 1 aromatic carbocycles. The Bertz CT molecular complexity index is 487. The lowest BCUT2D eigenvalue weighted by molar-refractivity contribution is 0.627.